The Morgan fingerprint density at radius 1 is 1.83 bits per heavy atom. The molecular formula is C4H6Cl2. The standard InChI is InChI=1S/C4H6Cl2/c1-2-4(6)3-5/h3H,2H2,1H3/b4-3+. The molecule has 0 aromatic rings. The number of halogens is 2. The quantitative estimate of drug-likeness (QED) is 0.505. The fraction of sp³-hybridized carbons (Fsp3) is 0.500. The molecule has 0 rings (SSSR count). The van der Waals surface area contributed by atoms with E-state index >= 15 is 0 Å². The van der Waals surface area contributed by atoms with E-state index in [1.807, 2.05) is 6.92 Å². The molecule has 0 saturated heterocycles. The van der Waals surface area contributed by atoms with Crippen LogP contribution in [0.2, 0.25) is 0 Å². The first-order valence-corrected chi connectivity index (χ1v) is 2.57. The van der Waals surface area contributed by atoms with E-state index in [1.165, 1.54) is 5.54 Å². The van der Waals surface area contributed by atoms with Crippen molar-refractivity contribution in [3.05, 3.63) is 10.6 Å². The largest absolute Gasteiger partial charge is 0.0917 e. The van der Waals surface area contributed by atoms with Crippen LogP contribution in [0.1, 0.15) is 13.3 Å². The van der Waals surface area contributed by atoms with Gasteiger partial charge in [-0.2, -0.15) is 0 Å². The van der Waals surface area contributed by atoms with Crippen LogP contribution in [0, 0.1) is 0 Å². The molecule has 0 aromatic heterocycles. The first kappa shape index (κ1) is 6.32. The predicted molar refractivity (Wildman–Crippen MR) is 30.1 cm³/mol. The molecule has 6 heavy (non-hydrogen) atoms. The number of allylic oxidation sites excluding steroid dienone is 1. The van der Waals surface area contributed by atoms with Gasteiger partial charge in [-0.15, -0.1) is 0 Å². The maximum Gasteiger partial charge on any atom is 0.0291 e. The Bertz CT molecular complexity index is 56.6. The van der Waals surface area contributed by atoms with E-state index in [1.54, 1.807) is 0 Å². The third-order valence-corrected chi connectivity index (χ3v) is 1.21. The molecule has 0 amide bonds. The Hall–Kier alpha value is 0.320. The first-order valence-electron chi connectivity index (χ1n) is 1.76. The van der Waals surface area contributed by atoms with Gasteiger partial charge in [-0.1, -0.05) is 30.1 Å². The van der Waals surface area contributed by atoms with Gasteiger partial charge in [-0.3, -0.25) is 0 Å². The van der Waals surface area contributed by atoms with Crippen molar-refractivity contribution in [2.75, 3.05) is 0 Å². The highest BCUT2D eigenvalue weighted by Crippen LogP contribution is 2.05. The minimum Gasteiger partial charge on any atom is -0.0917 e. The summed E-state index contributed by atoms with van der Waals surface area (Å²) in [5, 5.41) is 0.705. The SMILES string of the molecule is CC/C(Cl)=C\Cl. The lowest BCUT2D eigenvalue weighted by molar-refractivity contribution is 1.20. The zero-order valence-electron chi connectivity index (χ0n) is 3.54. The lowest BCUT2D eigenvalue weighted by atomic mass is 10.5. The van der Waals surface area contributed by atoms with Gasteiger partial charge >= 0.3 is 0 Å². The van der Waals surface area contributed by atoms with E-state index in [0.717, 1.165) is 6.42 Å². The van der Waals surface area contributed by atoms with E-state index in [0.29, 0.717) is 5.03 Å². The first-order chi connectivity index (χ1) is 2.81. The summed E-state index contributed by atoms with van der Waals surface area (Å²) in [7, 11) is 0. The summed E-state index contributed by atoms with van der Waals surface area (Å²) in [6.07, 6.45) is 0.824. The predicted octanol–water partition coefficient (Wildman–Crippen LogP) is 2.72. The summed E-state index contributed by atoms with van der Waals surface area (Å²) in [4.78, 5) is 0. The van der Waals surface area contributed by atoms with Gasteiger partial charge in [-0.05, 0) is 6.42 Å². The van der Waals surface area contributed by atoms with E-state index < -0.39 is 0 Å². The molecule has 0 heterocycles. The molecule has 0 aliphatic rings. The minimum atomic E-state index is 0.705. The lowest BCUT2D eigenvalue weighted by Crippen LogP contribution is -1.57. The molecule has 0 bridgehead atoms. The van der Waals surface area contributed by atoms with E-state index in [-0.39, 0.29) is 0 Å². The second-order valence-corrected chi connectivity index (χ2v) is 1.61. The van der Waals surface area contributed by atoms with Crippen LogP contribution < -0.4 is 0 Å². The van der Waals surface area contributed by atoms with E-state index in [9.17, 15) is 0 Å². The summed E-state index contributed by atoms with van der Waals surface area (Å²) < 4.78 is 0. The maximum atomic E-state index is 5.38. The van der Waals surface area contributed by atoms with Crippen molar-refractivity contribution in [3.8, 4) is 0 Å². The van der Waals surface area contributed by atoms with Crippen molar-refractivity contribution in [3.63, 3.8) is 0 Å². The molecule has 0 N–H and O–H groups in total. The highest BCUT2D eigenvalue weighted by Gasteiger charge is 1.78. The average molecular weight is 125 g/mol. The molecule has 0 spiro atoms. The molecule has 0 aliphatic heterocycles. The zero-order chi connectivity index (χ0) is 4.99. The average Bonchev–Trinajstić information content (AvgIpc) is 1.65. The van der Waals surface area contributed by atoms with E-state index in [2.05, 4.69) is 0 Å². The molecule has 0 atom stereocenters. The molecule has 0 fully saturated rings. The van der Waals surface area contributed by atoms with Crippen LogP contribution in [0.4, 0.5) is 0 Å². The van der Waals surface area contributed by atoms with Crippen LogP contribution in [0.25, 0.3) is 0 Å². The Kier molecular flexibility index (Phi) is 3.70. The molecule has 0 radical (unpaired) electrons. The molecule has 0 nitrogen and oxygen atoms in total. The van der Waals surface area contributed by atoms with Crippen molar-refractivity contribution in [2.24, 2.45) is 0 Å². The van der Waals surface area contributed by atoms with Crippen molar-refractivity contribution in [2.45, 2.75) is 13.3 Å². The normalized spacial score (nSPS) is 12.2. The van der Waals surface area contributed by atoms with Crippen molar-refractivity contribution < 1.29 is 0 Å². The fourth-order valence-corrected chi connectivity index (χ4v) is 0.231. The number of hydrogen-bond donors (Lipinski definition) is 0. The minimum absolute atomic E-state index is 0.705. The second-order valence-electron chi connectivity index (χ2n) is 0.910. The maximum absolute atomic E-state index is 5.38. The van der Waals surface area contributed by atoms with Gasteiger partial charge in [0.1, 0.15) is 0 Å². The van der Waals surface area contributed by atoms with Crippen molar-refractivity contribution in [1.82, 2.24) is 0 Å². The second kappa shape index (κ2) is 3.51. The van der Waals surface area contributed by atoms with Gasteiger partial charge in [0.15, 0.2) is 0 Å². The molecule has 0 unspecified atom stereocenters. The van der Waals surface area contributed by atoms with Crippen LogP contribution in [0.5, 0.6) is 0 Å². The fourth-order valence-electron chi connectivity index (χ4n) is 0.0772. The third-order valence-electron chi connectivity index (χ3n) is 0.456. The summed E-state index contributed by atoms with van der Waals surface area (Å²) >= 11 is 10.5. The topological polar surface area (TPSA) is 0 Å². The Labute approximate surface area is 47.8 Å². The number of hydrogen-bond acceptors (Lipinski definition) is 0. The monoisotopic (exact) mass is 124 g/mol. The lowest BCUT2D eigenvalue weighted by Gasteiger charge is -1.80. The van der Waals surface area contributed by atoms with Gasteiger partial charge in [0.05, 0.1) is 0 Å². The third kappa shape index (κ3) is 2.55. The molecule has 36 valence electrons. The summed E-state index contributed by atoms with van der Waals surface area (Å²) in [5.74, 6) is 0. The van der Waals surface area contributed by atoms with Gasteiger partial charge in [0.2, 0.25) is 0 Å². The Morgan fingerprint density at radius 2 is 2.33 bits per heavy atom. The molecule has 2 heteroatoms. The van der Waals surface area contributed by atoms with Gasteiger partial charge in [0, 0.05) is 10.6 Å². The number of rotatable bonds is 1. The van der Waals surface area contributed by atoms with Crippen LogP contribution in [-0.2, 0) is 0 Å². The molecule has 0 aromatic carbocycles. The van der Waals surface area contributed by atoms with Gasteiger partial charge in [0.25, 0.3) is 0 Å². The smallest absolute Gasteiger partial charge is 0.0291 e. The highest BCUT2D eigenvalue weighted by atomic mass is 35.5. The van der Waals surface area contributed by atoms with Crippen LogP contribution in [-0.4, -0.2) is 0 Å². The van der Waals surface area contributed by atoms with Crippen LogP contribution >= 0.6 is 23.2 Å². The van der Waals surface area contributed by atoms with Gasteiger partial charge < -0.3 is 0 Å². The Balaban J connectivity index is 3.22. The highest BCUT2D eigenvalue weighted by molar-refractivity contribution is 6.36. The van der Waals surface area contributed by atoms with Crippen molar-refractivity contribution in [1.29, 1.82) is 0 Å². The van der Waals surface area contributed by atoms with E-state index in [4.69, 9.17) is 23.2 Å². The molecule has 0 saturated carbocycles. The molecule has 0 aliphatic carbocycles. The van der Waals surface area contributed by atoms with Crippen LogP contribution in [0.3, 0.4) is 0 Å². The van der Waals surface area contributed by atoms with Crippen molar-refractivity contribution >= 4 is 23.2 Å². The van der Waals surface area contributed by atoms with Gasteiger partial charge in [-0.25, -0.2) is 0 Å². The summed E-state index contributed by atoms with van der Waals surface area (Å²) in [5.41, 5.74) is 1.38. The summed E-state index contributed by atoms with van der Waals surface area (Å²) in [6.45, 7) is 1.95. The molecular weight excluding hydrogens is 119 g/mol. The summed E-state index contributed by atoms with van der Waals surface area (Å²) in [6, 6.07) is 0. The Morgan fingerprint density at radius 3 is 2.33 bits per heavy atom. The van der Waals surface area contributed by atoms with Crippen LogP contribution in [0.15, 0.2) is 10.6 Å². The zero-order valence-corrected chi connectivity index (χ0v) is 5.05.